The first-order valence-electron chi connectivity index (χ1n) is 8.09. The van der Waals surface area contributed by atoms with Gasteiger partial charge in [0.2, 0.25) is 11.8 Å². The molecule has 1 rings (SSSR count). The predicted octanol–water partition coefficient (Wildman–Crippen LogP) is 1.76. The Labute approximate surface area is 147 Å². The van der Waals surface area contributed by atoms with E-state index in [0.29, 0.717) is 0 Å². The SMILES string of the molecule is C[C@H](C#N)C[C@@H](NC(=O)CCC(=O)N[C@H](C)c1ccccc1)C(=O)O. The molecule has 2 amide bonds. The molecule has 3 N–H and O–H groups in total. The Morgan fingerprint density at radius 3 is 2.16 bits per heavy atom. The third kappa shape index (κ3) is 7.48. The lowest BCUT2D eigenvalue weighted by Crippen LogP contribution is -2.42. The summed E-state index contributed by atoms with van der Waals surface area (Å²) >= 11 is 0. The number of nitriles is 1. The lowest BCUT2D eigenvalue weighted by atomic mass is 10.0. The molecule has 0 bridgehead atoms. The molecule has 7 heteroatoms. The van der Waals surface area contributed by atoms with Crippen LogP contribution < -0.4 is 10.6 Å². The molecule has 0 aliphatic heterocycles. The summed E-state index contributed by atoms with van der Waals surface area (Å²) in [6.45, 7) is 3.43. The van der Waals surface area contributed by atoms with E-state index in [1.165, 1.54) is 0 Å². The third-order valence-electron chi connectivity index (χ3n) is 3.70. The Morgan fingerprint density at radius 2 is 1.64 bits per heavy atom. The molecule has 25 heavy (non-hydrogen) atoms. The highest BCUT2D eigenvalue weighted by Gasteiger charge is 2.22. The number of carbonyl (C=O) groups excluding carboxylic acids is 2. The first-order chi connectivity index (χ1) is 11.8. The predicted molar refractivity (Wildman–Crippen MR) is 91.2 cm³/mol. The van der Waals surface area contributed by atoms with Crippen LogP contribution in [0.4, 0.5) is 0 Å². The van der Waals surface area contributed by atoms with Gasteiger partial charge >= 0.3 is 5.97 Å². The number of hydrogen-bond acceptors (Lipinski definition) is 4. The summed E-state index contributed by atoms with van der Waals surface area (Å²) in [4.78, 5) is 34.9. The van der Waals surface area contributed by atoms with Crippen LogP contribution in [0.5, 0.6) is 0 Å². The highest BCUT2D eigenvalue weighted by molar-refractivity contribution is 5.87. The van der Waals surface area contributed by atoms with Gasteiger partial charge in [-0.2, -0.15) is 5.26 Å². The molecule has 0 heterocycles. The van der Waals surface area contributed by atoms with Gasteiger partial charge in [0, 0.05) is 18.8 Å². The number of amides is 2. The molecule has 7 nitrogen and oxygen atoms in total. The number of carbonyl (C=O) groups is 3. The van der Waals surface area contributed by atoms with E-state index < -0.39 is 23.8 Å². The fourth-order valence-electron chi connectivity index (χ4n) is 2.26. The van der Waals surface area contributed by atoms with E-state index in [1.54, 1.807) is 6.92 Å². The molecule has 0 saturated carbocycles. The van der Waals surface area contributed by atoms with Gasteiger partial charge < -0.3 is 15.7 Å². The van der Waals surface area contributed by atoms with Gasteiger partial charge in [0.1, 0.15) is 6.04 Å². The second-order valence-corrected chi connectivity index (χ2v) is 5.92. The molecule has 0 aromatic heterocycles. The van der Waals surface area contributed by atoms with E-state index in [-0.39, 0.29) is 31.2 Å². The lowest BCUT2D eigenvalue weighted by Gasteiger charge is -2.16. The largest absolute Gasteiger partial charge is 0.480 e. The molecule has 134 valence electrons. The maximum atomic E-state index is 11.9. The Bertz CT molecular complexity index is 639. The van der Waals surface area contributed by atoms with Crippen molar-refractivity contribution in [3.63, 3.8) is 0 Å². The van der Waals surface area contributed by atoms with E-state index >= 15 is 0 Å². The van der Waals surface area contributed by atoms with Crippen molar-refractivity contribution in [2.24, 2.45) is 5.92 Å². The fourth-order valence-corrected chi connectivity index (χ4v) is 2.26. The van der Waals surface area contributed by atoms with Gasteiger partial charge in [-0.15, -0.1) is 0 Å². The second-order valence-electron chi connectivity index (χ2n) is 5.92. The number of aliphatic carboxylic acids is 1. The molecule has 0 saturated heterocycles. The number of rotatable bonds is 9. The van der Waals surface area contributed by atoms with Crippen molar-refractivity contribution in [3.8, 4) is 6.07 Å². The molecule has 0 aliphatic rings. The molecule has 0 unspecified atom stereocenters. The van der Waals surface area contributed by atoms with Gasteiger partial charge in [-0.3, -0.25) is 9.59 Å². The third-order valence-corrected chi connectivity index (χ3v) is 3.70. The minimum atomic E-state index is -1.20. The molecule has 0 radical (unpaired) electrons. The number of benzene rings is 1. The molecule has 1 aromatic carbocycles. The number of hydrogen-bond donors (Lipinski definition) is 3. The van der Waals surface area contributed by atoms with Crippen LogP contribution in [0.3, 0.4) is 0 Å². The minimum absolute atomic E-state index is 0.0226. The average molecular weight is 345 g/mol. The maximum absolute atomic E-state index is 11.9. The van der Waals surface area contributed by atoms with Crippen LogP contribution >= 0.6 is 0 Å². The molecule has 3 atom stereocenters. The van der Waals surface area contributed by atoms with Crippen LogP contribution in [0.25, 0.3) is 0 Å². The average Bonchev–Trinajstić information content (AvgIpc) is 2.59. The zero-order valence-corrected chi connectivity index (χ0v) is 14.4. The fraction of sp³-hybridized carbons (Fsp3) is 0.444. The van der Waals surface area contributed by atoms with Gasteiger partial charge in [-0.05, 0) is 25.8 Å². The highest BCUT2D eigenvalue weighted by atomic mass is 16.4. The summed E-state index contributed by atoms with van der Waals surface area (Å²) in [6, 6.07) is 10.0. The van der Waals surface area contributed by atoms with Crippen molar-refractivity contribution in [2.75, 3.05) is 0 Å². The van der Waals surface area contributed by atoms with Crippen LogP contribution in [0, 0.1) is 17.2 Å². The van der Waals surface area contributed by atoms with Crippen LogP contribution in [-0.2, 0) is 14.4 Å². The number of carboxylic acids is 1. The van der Waals surface area contributed by atoms with Crippen molar-refractivity contribution >= 4 is 17.8 Å². The van der Waals surface area contributed by atoms with E-state index in [0.717, 1.165) is 5.56 Å². The standard InChI is InChI=1S/C18H23N3O4/c1-12(11-19)10-15(18(24)25)21-17(23)9-8-16(22)20-13(2)14-6-4-3-5-7-14/h3-7,12-13,15H,8-10H2,1-2H3,(H,20,22)(H,21,23)(H,24,25)/t12-,13+,15+/m0/s1. The van der Waals surface area contributed by atoms with E-state index in [2.05, 4.69) is 10.6 Å². The summed E-state index contributed by atoms with van der Waals surface area (Å²) in [5, 5.41) is 23.0. The molecule has 1 aromatic rings. The first-order valence-corrected chi connectivity index (χ1v) is 8.09. The van der Waals surface area contributed by atoms with Crippen LogP contribution in [-0.4, -0.2) is 28.9 Å². The van der Waals surface area contributed by atoms with Crippen molar-refractivity contribution in [1.29, 1.82) is 5.26 Å². The maximum Gasteiger partial charge on any atom is 0.326 e. The van der Waals surface area contributed by atoms with E-state index in [4.69, 9.17) is 10.4 Å². The van der Waals surface area contributed by atoms with Crippen LogP contribution in [0.15, 0.2) is 30.3 Å². The van der Waals surface area contributed by atoms with Crippen molar-refractivity contribution < 1.29 is 19.5 Å². The summed E-state index contributed by atoms with van der Waals surface area (Å²) in [6.07, 6.45) is -0.129. The van der Waals surface area contributed by atoms with Gasteiger partial charge in [0.25, 0.3) is 0 Å². The number of nitrogens with one attached hydrogen (secondary N) is 2. The van der Waals surface area contributed by atoms with E-state index in [1.807, 2.05) is 43.3 Å². The summed E-state index contributed by atoms with van der Waals surface area (Å²) in [5.74, 6) is -2.50. The lowest BCUT2D eigenvalue weighted by molar-refractivity contribution is -0.142. The molecular formula is C18H23N3O4. The van der Waals surface area contributed by atoms with Crippen LogP contribution in [0.2, 0.25) is 0 Å². The molecule has 0 spiro atoms. The summed E-state index contributed by atoms with van der Waals surface area (Å²) in [5.41, 5.74) is 0.955. The van der Waals surface area contributed by atoms with Crippen molar-refractivity contribution in [1.82, 2.24) is 10.6 Å². The second kappa shape index (κ2) is 10.1. The smallest absolute Gasteiger partial charge is 0.326 e. The monoisotopic (exact) mass is 345 g/mol. The Balaban J connectivity index is 2.43. The zero-order chi connectivity index (χ0) is 18.8. The number of carboxylic acid groups (broad SMARTS) is 1. The van der Waals surface area contributed by atoms with E-state index in [9.17, 15) is 14.4 Å². The van der Waals surface area contributed by atoms with Gasteiger partial charge in [-0.1, -0.05) is 30.3 Å². The van der Waals surface area contributed by atoms with Crippen molar-refractivity contribution in [2.45, 2.75) is 45.2 Å². The molecule has 0 aliphatic carbocycles. The topological polar surface area (TPSA) is 119 Å². The summed E-state index contributed by atoms with van der Waals surface area (Å²) < 4.78 is 0. The summed E-state index contributed by atoms with van der Waals surface area (Å²) in [7, 11) is 0. The van der Waals surface area contributed by atoms with Gasteiger partial charge in [0.05, 0.1) is 12.1 Å². The quantitative estimate of drug-likeness (QED) is 0.630. The van der Waals surface area contributed by atoms with Gasteiger partial charge in [0.15, 0.2) is 0 Å². The van der Waals surface area contributed by atoms with Crippen molar-refractivity contribution in [3.05, 3.63) is 35.9 Å². The minimum Gasteiger partial charge on any atom is -0.480 e. The molecule has 0 fully saturated rings. The highest BCUT2D eigenvalue weighted by Crippen LogP contribution is 2.11. The molecular weight excluding hydrogens is 322 g/mol. The zero-order valence-electron chi connectivity index (χ0n) is 14.4. The Kier molecular flexibility index (Phi) is 8.13. The Morgan fingerprint density at radius 1 is 1.08 bits per heavy atom. The number of nitrogens with zero attached hydrogens (tertiary/aromatic N) is 1. The first kappa shape index (κ1) is 20.2. The van der Waals surface area contributed by atoms with Crippen LogP contribution in [0.1, 0.15) is 44.7 Å². The van der Waals surface area contributed by atoms with Gasteiger partial charge in [-0.25, -0.2) is 4.79 Å². The Hall–Kier alpha value is -2.88. The normalized spacial score (nSPS) is 13.8.